The molecule has 0 aliphatic rings. The molecule has 0 radical (unpaired) electrons. The molecule has 9 heteroatoms. The number of rotatable bonds is 7. The van der Waals surface area contributed by atoms with E-state index in [2.05, 4.69) is 26.7 Å². The number of carbonyl (C=O) groups excluding carboxylic acids is 1. The second kappa shape index (κ2) is 8.75. The van der Waals surface area contributed by atoms with E-state index in [4.69, 9.17) is 9.94 Å². The highest BCUT2D eigenvalue weighted by Gasteiger charge is 2.17. The molecule has 2 rings (SSSR count). The Balaban J connectivity index is 2.44. The van der Waals surface area contributed by atoms with E-state index in [1.807, 2.05) is 0 Å². The van der Waals surface area contributed by atoms with Crippen LogP contribution in [-0.4, -0.2) is 28.8 Å². The lowest BCUT2D eigenvalue weighted by atomic mass is 10.2. The number of aliphatic hydroxyl groups is 1. The molecule has 1 amide bonds. The fourth-order valence-corrected chi connectivity index (χ4v) is 2.48. The minimum atomic E-state index is -0.629. The lowest BCUT2D eigenvalue weighted by Crippen LogP contribution is -2.30. The number of benzene rings is 1. The third-order valence-electron chi connectivity index (χ3n) is 3.29. The number of halogens is 2. The minimum Gasteiger partial charge on any atom is -0.394 e. The highest BCUT2D eigenvalue weighted by Crippen LogP contribution is 2.25. The highest BCUT2D eigenvalue weighted by atomic mass is 79.9. The lowest BCUT2D eigenvalue weighted by molar-refractivity contribution is 0.0168. The van der Waals surface area contributed by atoms with Crippen molar-refractivity contribution in [1.82, 2.24) is 10.0 Å². The highest BCUT2D eigenvalue weighted by molar-refractivity contribution is 9.10. The number of aromatic nitrogens is 1. The van der Waals surface area contributed by atoms with Gasteiger partial charge in [-0.25, -0.2) is 9.87 Å². The van der Waals surface area contributed by atoms with Crippen LogP contribution in [0.1, 0.15) is 17.3 Å². The molecule has 0 unspecified atom stereocenters. The Bertz CT molecular complexity index is 826. The summed E-state index contributed by atoms with van der Waals surface area (Å²) in [6.07, 6.45) is 0. The van der Waals surface area contributed by atoms with Gasteiger partial charge in [0.05, 0.1) is 24.5 Å². The summed E-state index contributed by atoms with van der Waals surface area (Å²) < 4.78 is 16.0. The Morgan fingerprint density at radius 2 is 2.12 bits per heavy atom. The van der Waals surface area contributed by atoms with E-state index in [1.54, 1.807) is 13.0 Å². The fraction of sp³-hybridized carbons (Fsp3) is 0.250. The summed E-state index contributed by atoms with van der Waals surface area (Å²) in [5.41, 5.74) is 2.04. The summed E-state index contributed by atoms with van der Waals surface area (Å²) in [5.74, 6) is -1.03. The third-order valence-corrected chi connectivity index (χ3v) is 3.78. The number of anilines is 2. The van der Waals surface area contributed by atoms with Gasteiger partial charge in [-0.3, -0.25) is 19.0 Å². The van der Waals surface area contributed by atoms with Crippen LogP contribution in [0.25, 0.3) is 0 Å². The first-order valence-corrected chi connectivity index (χ1v) is 8.26. The molecule has 1 aromatic carbocycles. The minimum absolute atomic E-state index is 0.0801. The Morgan fingerprint density at radius 1 is 1.36 bits per heavy atom. The lowest BCUT2D eigenvalue weighted by Gasteiger charge is -2.17. The van der Waals surface area contributed by atoms with E-state index < -0.39 is 11.7 Å². The van der Waals surface area contributed by atoms with Crippen LogP contribution in [0, 0.1) is 5.82 Å². The zero-order valence-corrected chi connectivity index (χ0v) is 15.0. The van der Waals surface area contributed by atoms with Gasteiger partial charge in [-0.2, -0.15) is 0 Å². The van der Waals surface area contributed by atoms with Gasteiger partial charge >= 0.3 is 0 Å². The number of hydrogen-bond donors (Lipinski definition) is 3. The van der Waals surface area contributed by atoms with Gasteiger partial charge in [0.2, 0.25) is 0 Å². The van der Waals surface area contributed by atoms with Gasteiger partial charge in [-0.15, -0.1) is 0 Å². The monoisotopic (exact) mass is 413 g/mol. The predicted molar refractivity (Wildman–Crippen MR) is 94.3 cm³/mol. The first-order valence-electron chi connectivity index (χ1n) is 7.46. The molecule has 134 valence electrons. The zero-order valence-electron chi connectivity index (χ0n) is 13.4. The zero-order chi connectivity index (χ0) is 18.4. The van der Waals surface area contributed by atoms with Crippen molar-refractivity contribution in [3.8, 4) is 0 Å². The van der Waals surface area contributed by atoms with Crippen LogP contribution in [0.3, 0.4) is 0 Å². The molecular weight excluding hydrogens is 397 g/mol. The quantitative estimate of drug-likeness (QED) is 0.477. The number of hydroxylamine groups is 1. The maximum atomic E-state index is 14.1. The van der Waals surface area contributed by atoms with Crippen molar-refractivity contribution in [2.75, 3.05) is 18.5 Å². The van der Waals surface area contributed by atoms with Gasteiger partial charge in [0.25, 0.3) is 11.5 Å². The number of amides is 1. The van der Waals surface area contributed by atoms with Gasteiger partial charge in [0.15, 0.2) is 0 Å². The maximum Gasteiger partial charge on any atom is 0.278 e. The molecule has 0 bridgehead atoms. The van der Waals surface area contributed by atoms with Gasteiger partial charge in [-0.05, 0) is 31.2 Å². The summed E-state index contributed by atoms with van der Waals surface area (Å²) >= 11 is 3.17. The molecule has 3 N–H and O–H groups in total. The van der Waals surface area contributed by atoms with Gasteiger partial charge in [0, 0.05) is 17.1 Å². The topological polar surface area (TPSA) is 92.6 Å². The van der Waals surface area contributed by atoms with Crippen LogP contribution in [-0.2, 0) is 11.4 Å². The van der Waals surface area contributed by atoms with E-state index in [0.717, 1.165) is 0 Å². The average Bonchev–Trinajstić information content (AvgIpc) is 2.57. The number of aliphatic hydroxyl groups excluding tert-OH is 1. The van der Waals surface area contributed by atoms with Crippen molar-refractivity contribution in [1.29, 1.82) is 0 Å². The number of nitrogens with one attached hydrogen (secondary N) is 2. The summed E-state index contributed by atoms with van der Waals surface area (Å²) in [5, 5.41) is 11.5. The third kappa shape index (κ3) is 4.65. The van der Waals surface area contributed by atoms with Crippen LogP contribution >= 0.6 is 15.9 Å². The number of carbonyl (C=O) groups is 1. The number of pyridine rings is 1. The molecule has 0 saturated carbocycles. The Labute approximate surface area is 151 Å². The number of nitrogens with zero attached hydrogens (tertiary/aromatic N) is 1. The Hall–Kier alpha value is -2.23. The molecule has 0 aliphatic heterocycles. The molecule has 2 aromatic rings. The molecule has 0 aliphatic carbocycles. The van der Waals surface area contributed by atoms with E-state index in [-0.39, 0.29) is 42.4 Å². The Morgan fingerprint density at radius 3 is 2.76 bits per heavy atom. The molecule has 0 spiro atoms. The molecule has 7 nitrogen and oxygen atoms in total. The van der Waals surface area contributed by atoms with E-state index >= 15 is 0 Å². The van der Waals surface area contributed by atoms with E-state index in [0.29, 0.717) is 4.47 Å². The first kappa shape index (κ1) is 19.1. The summed E-state index contributed by atoms with van der Waals surface area (Å²) in [6.45, 7) is 1.67. The van der Waals surface area contributed by atoms with Gasteiger partial charge in [0.1, 0.15) is 11.6 Å². The van der Waals surface area contributed by atoms with Crippen LogP contribution < -0.4 is 16.4 Å². The summed E-state index contributed by atoms with van der Waals surface area (Å²) in [6, 6.07) is 6.95. The molecular formula is C16H17BrFN3O4. The van der Waals surface area contributed by atoms with Crippen LogP contribution in [0.4, 0.5) is 15.9 Å². The largest absolute Gasteiger partial charge is 0.394 e. The van der Waals surface area contributed by atoms with Crippen LogP contribution in [0.5, 0.6) is 0 Å². The first-order chi connectivity index (χ1) is 12.0. The number of hydrogen-bond acceptors (Lipinski definition) is 5. The standard InChI is InChI=1S/C16H17BrFN3O4/c1-2-21-14(23)6-4-11(16(24)20-25-8-7-22)15(21)19-13-5-3-10(17)9-12(13)18/h3-6,9,19,22H,2,7-8H2,1H3,(H,20,24). The molecule has 1 aromatic heterocycles. The average molecular weight is 414 g/mol. The summed E-state index contributed by atoms with van der Waals surface area (Å²) in [4.78, 5) is 29.1. The van der Waals surface area contributed by atoms with Crippen molar-refractivity contribution in [2.24, 2.45) is 0 Å². The second-order valence-corrected chi connectivity index (χ2v) is 5.85. The van der Waals surface area contributed by atoms with Crippen molar-refractivity contribution in [3.63, 3.8) is 0 Å². The fourth-order valence-electron chi connectivity index (χ4n) is 2.15. The second-order valence-electron chi connectivity index (χ2n) is 4.93. The van der Waals surface area contributed by atoms with Gasteiger partial charge < -0.3 is 10.4 Å². The van der Waals surface area contributed by atoms with Crippen molar-refractivity contribution >= 4 is 33.3 Å². The van der Waals surface area contributed by atoms with Crippen molar-refractivity contribution in [3.05, 3.63) is 56.5 Å². The van der Waals surface area contributed by atoms with Crippen LogP contribution in [0.15, 0.2) is 39.6 Å². The molecule has 25 heavy (non-hydrogen) atoms. The van der Waals surface area contributed by atoms with E-state index in [1.165, 1.54) is 28.8 Å². The van der Waals surface area contributed by atoms with E-state index in [9.17, 15) is 14.0 Å². The molecule has 0 fully saturated rings. The van der Waals surface area contributed by atoms with Crippen LogP contribution in [0.2, 0.25) is 0 Å². The van der Waals surface area contributed by atoms with Crippen molar-refractivity contribution in [2.45, 2.75) is 13.5 Å². The van der Waals surface area contributed by atoms with Gasteiger partial charge in [-0.1, -0.05) is 15.9 Å². The van der Waals surface area contributed by atoms with Crippen molar-refractivity contribution < 1.29 is 19.1 Å². The molecule has 1 heterocycles. The molecule has 0 saturated heterocycles. The summed E-state index contributed by atoms with van der Waals surface area (Å²) in [7, 11) is 0. The predicted octanol–water partition coefficient (Wildman–Crippen LogP) is 2.17. The smallest absolute Gasteiger partial charge is 0.278 e. The Kier molecular flexibility index (Phi) is 6.68. The maximum absolute atomic E-state index is 14.1. The normalized spacial score (nSPS) is 10.6. The molecule has 0 atom stereocenters. The SMILES string of the molecule is CCn1c(Nc2ccc(Br)cc2F)c(C(=O)NOCCO)ccc1=O.